The minimum atomic E-state index is -1.14. The first-order valence-electron chi connectivity index (χ1n) is 8.52. The Labute approximate surface area is 153 Å². The van der Waals surface area contributed by atoms with Gasteiger partial charge in [0.25, 0.3) is 5.56 Å². The second kappa shape index (κ2) is 7.35. The summed E-state index contributed by atoms with van der Waals surface area (Å²) in [4.78, 5) is 37.6. The second-order valence-electron chi connectivity index (χ2n) is 6.54. The normalized spacial score (nSPS) is 24.9. The number of aromatic amines is 1. The molecule has 3 heterocycles. The molecule has 4 atom stereocenters. The number of carbonyl (C=O) groups excluding carboxylic acids is 1. The third-order valence-corrected chi connectivity index (χ3v) is 4.40. The number of azide groups is 1. The fourth-order valence-electron chi connectivity index (χ4n) is 2.93. The van der Waals surface area contributed by atoms with Gasteiger partial charge in [0.15, 0.2) is 17.4 Å². The van der Waals surface area contributed by atoms with Crippen LogP contribution in [0.25, 0.3) is 21.6 Å². The Bertz CT molecular complexity index is 960. The molecule has 0 spiro atoms. The number of hydrogen-bond acceptors (Lipinski definition) is 7. The fraction of sp³-hybridized carbons (Fsp3) is 0.600. The van der Waals surface area contributed by atoms with E-state index in [0.29, 0.717) is 6.42 Å². The largest absolute Gasteiger partial charge is 0.388 e. The Morgan fingerprint density at radius 3 is 2.96 bits per heavy atom. The number of anilines is 1. The van der Waals surface area contributed by atoms with Crippen LogP contribution in [0.3, 0.4) is 0 Å². The van der Waals surface area contributed by atoms with Crippen molar-refractivity contribution < 1.29 is 14.6 Å². The van der Waals surface area contributed by atoms with Crippen LogP contribution in [0.5, 0.6) is 0 Å². The summed E-state index contributed by atoms with van der Waals surface area (Å²) in [7, 11) is 0. The minimum Gasteiger partial charge on any atom is -0.388 e. The Morgan fingerprint density at radius 2 is 2.33 bits per heavy atom. The van der Waals surface area contributed by atoms with Crippen molar-refractivity contribution in [1.82, 2.24) is 19.5 Å². The molecule has 1 amide bonds. The lowest BCUT2D eigenvalue weighted by Gasteiger charge is -2.17. The van der Waals surface area contributed by atoms with Crippen molar-refractivity contribution in [2.24, 2.45) is 11.0 Å². The minimum absolute atomic E-state index is 0.0286. The van der Waals surface area contributed by atoms with Gasteiger partial charge in [0, 0.05) is 10.8 Å². The number of carbonyl (C=O) groups is 1. The molecule has 0 bridgehead atoms. The number of nitrogens with one attached hydrogen (secondary N) is 2. The first kappa shape index (κ1) is 18.8. The molecule has 1 saturated heterocycles. The molecule has 0 aliphatic carbocycles. The summed E-state index contributed by atoms with van der Waals surface area (Å²) < 4.78 is 7.21. The third-order valence-electron chi connectivity index (χ3n) is 4.40. The van der Waals surface area contributed by atoms with Crippen LogP contribution in [-0.2, 0) is 9.53 Å². The van der Waals surface area contributed by atoms with Gasteiger partial charge in [-0.15, -0.1) is 0 Å². The van der Waals surface area contributed by atoms with E-state index in [9.17, 15) is 14.7 Å². The maximum atomic E-state index is 12.3. The summed E-state index contributed by atoms with van der Waals surface area (Å²) in [6.07, 6.45) is -0.718. The molecule has 1 fully saturated rings. The molecule has 12 heteroatoms. The zero-order chi connectivity index (χ0) is 19.7. The van der Waals surface area contributed by atoms with Crippen molar-refractivity contribution in [2.45, 2.75) is 51.7 Å². The van der Waals surface area contributed by atoms with Crippen molar-refractivity contribution in [1.29, 1.82) is 0 Å². The van der Waals surface area contributed by atoms with Gasteiger partial charge in [-0.25, -0.2) is 4.98 Å². The predicted octanol–water partition coefficient (Wildman–Crippen LogP) is 1.06. The Morgan fingerprint density at radius 1 is 1.59 bits per heavy atom. The van der Waals surface area contributed by atoms with Gasteiger partial charge in [-0.3, -0.25) is 24.5 Å². The first-order chi connectivity index (χ1) is 12.9. The number of imidazole rings is 1. The first-order valence-corrected chi connectivity index (χ1v) is 8.52. The zero-order valence-corrected chi connectivity index (χ0v) is 15.0. The highest BCUT2D eigenvalue weighted by atomic mass is 16.5. The number of aliphatic hydroxyl groups excluding tert-OH is 1. The Hall–Kier alpha value is -2.95. The van der Waals surface area contributed by atoms with E-state index in [4.69, 9.17) is 10.3 Å². The molecule has 3 N–H and O–H groups in total. The van der Waals surface area contributed by atoms with Gasteiger partial charge >= 0.3 is 0 Å². The fourth-order valence-corrected chi connectivity index (χ4v) is 2.93. The summed E-state index contributed by atoms with van der Waals surface area (Å²) in [5, 5.41) is 16.7. The average molecular weight is 376 g/mol. The van der Waals surface area contributed by atoms with Crippen molar-refractivity contribution in [2.75, 3.05) is 5.32 Å². The number of aliphatic hydroxyl groups is 1. The molecule has 2 aromatic rings. The van der Waals surface area contributed by atoms with E-state index in [1.807, 2.05) is 6.92 Å². The van der Waals surface area contributed by atoms with Crippen LogP contribution in [0.4, 0.5) is 5.95 Å². The summed E-state index contributed by atoms with van der Waals surface area (Å²) >= 11 is 0. The van der Waals surface area contributed by atoms with E-state index in [1.54, 1.807) is 13.8 Å². The molecule has 1 aliphatic heterocycles. The lowest BCUT2D eigenvalue weighted by Crippen LogP contribution is -2.29. The van der Waals surface area contributed by atoms with Gasteiger partial charge < -0.3 is 9.84 Å². The molecule has 0 unspecified atom stereocenters. The van der Waals surface area contributed by atoms with Crippen molar-refractivity contribution >= 4 is 23.0 Å². The summed E-state index contributed by atoms with van der Waals surface area (Å²) in [5.74, 6) is -0.639. The highest BCUT2D eigenvalue weighted by Crippen LogP contribution is 2.34. The predicted molar refractivity (Wildman–Crippen MR) is 94.8 cm³/mol. The van der Waals surface area contributed by atoms with Gasteiger partial charge in [-0.2, -0.15) is 4.98 Å². The van der Waals surface area contributed by atoms with Crippen molar-refractivity contribution in [3.05, 3.63) is 27.1 Å². The second-order valence-corrected chi connectivity index (χ2v) is 6.54. The summed E-state index contributed by atoms with van der Waals surface area (Å²) in [6.45, 7) is 5.26. The number of amides is 1. The number of ether oxygens (including phenoxy) is 1. The molecule has 2 aromatic heterocycles. The van der Waals surface area contributed by atoms with Crippen LogP contribution in [-0.4, -0.2) is 48.8 Å². The van der Waals surface area contributed by atoms with Crippen LogP contribution >= 0.6 is 0 Å². The van der Waals surface area contributed by atoms with Crippen molar-refractivity contribution in [3.63, 3.8) is 0 Å². The standard InChI is InChI=1S/C15H20N8O4/c1-4-7-8(21-22-16)10(24)14(27-7)23-5-17-9-11(23)18-15(20-13(9)26)19-12(25)6(2)3/h5-8,10,14,24H,4H2,1-3H3,(H2,18,19,20,25,26)/t7-,8-,10+,14-/m1/s1. The number of hydrogen-bond donors (Lipinski definition) is 3. The van der Waals surface area contributed by atoms with Gasteiger partial charge in [-0.1, -0.05) is 25.9 Å². The van der Waals surface area contributed by atoms with E-state index in [1.165, 1.54) is 10.9 Å². The maximum Gasteiger partial charge on any atom is 0.280 e. The lowest BCUT2D eigenvalue weighted by atomic mass is 10.1. The Balaban J connectivity index is 2.02. The van der Waals surface area contributed by atoms with Gasteiger partial charge in [0.2, 0.25) is 11.9 Å². The van der Waals surface area contributed by atoms with Crippen LogP contribution in [0.15, 0.2) is 16.2 Å². The molecule has 27 heavy (non-hydrogen) atoms. The number of fused-ring (bicyclic) bond motifs is 1. The molecule has 0 radical (unpaired) electrons. The SMILES string of the molecule is CC[C@H]1O[C@@H](n2cnc3c(=O)[nH]c(NC(=O)C(C)C)nc32)[C@@H](O)[C@@H]1N=[N+]=[N-]. The topological polar surface area (TPSA) is 171 Å². The quantitative estimate of drug-likeness (QED) is 0.400. The average Bonchev–Trinajstić information content (AvgIpc) is 3.17. The molecule has 144 valence electrons. The van der Waals surface area contributed by atoms with Crippen LogP contribution in [0.1, 0.15) is 33.4 Å². The van der Waals surface area contributed by atoms with E-state index in [0.717, 1.165) is 0 Å². The van der Waals surface area contributed by atoms with Gasteiger partial charge in [0.05, 0.1) is 18.5 Å². The molecule has 0 aromatic carbocycles. The van der Waals surface area contributed by atoms with Gasteiger partial charge in [0.1, 0.15) is 6.10 Å². The van der Waals surface area contributed by atoms with Crippen LogP contribution in [0.2, 0.25) is 0 Å². The number of rotatable bonds is 5. The highest BCUT2D eigenvalue weighted by molar-refractivity contribution is 5.91. The summed E-state index contributed by atoms with van der Waals surface area (Å²) in [5.41, 5.74) is 8.36. The smallest absolute Gasteiger partial charge is 0.280 e. The van der Waals surface area contributed by atoms with Gasteiger partial charge in [-0.05, 0) is 12.0 Å². The lowest BCUT2D eigenvalue weighted by molar-refractivity contribution is -0.118. The number of H-pyrrole nitrogens is 1. The highest BCUT2D eigenvalue weighted by Gasteiger charge is 2.44. The molecule has 1 aliphatic rings. The van der Waals surface area contributed by atoms with Crippen molar-refractivity contribution in [3.8, 4) is 0 Å². The maximum absolute atomic E-state index is 12.3. The number of nitrogens with zero attached hydrogens (tertiary/aromatic N) is 6. The van der Waals surface area contributed by atoms with Crippen LogP contribution in [0, 0.1) is 5.92 Å². The van der Waals surface area contributed by atoms with E-state index >= 15 is 0 Å². The molecular weight excluding hydrogens is 356 g/mol. The molecular formula is C15H20N8O4. The molecule has 3 rings (SSSR count). The van der Waals surface area contributed by atoms with Crippen LogP contribution < -0.4 is 10.9 Å². The zero-order valence-electron chi connectivity index (χ0n) is 15.0. The number of aromatic nitrogens is 4. The Kier molecular flexibility index (Phi) is 5.13. The van der Waals surface area contributed by atoms with E-state index in [2.05, 4.69) is 30.3 Å². The summed E-state index contributed by atoms with van der Waals surface area (Å²) in [6, 6.07) is -0.774. The third kappa shape index (κ3) is 3.37. The van der Waals surface area contributed by atoms with E-state index < -0.39 is 30.0 Å². The molecule has 0 saturated carbocycles. The monoisotopic (exact) mass is 376 g/mol. The molecule has 12 nitrogen and oxygen atoms in total. The van der Waals surface area contributed by atoms with E-state index in [-0.39, 0.29) is 28.9 Å².